The number of amides is 2. The number of hydrogen-bond acceptors (Lipinski definition) is 6. The third-order valence-corrected chi connectivity index (χ3v) is 3.07. The van der Waals surface area contributed by atoms with Gasteiger partial charge in [-0.3, -0.25) is 14.6 Å². The molecule has 22 heavy (non-hydrogen) atoms. The van der Waals surface area contributed by atoms with Gasteiger partial charge in [-0.25, -0.2) is 4.79 Å². The van der Waals surface area contributed by atoms with Gasteiger partial charge in [0.25, 0.3) is 0 Å². The van der Waals surface area contributed by atoms with Crippen LogP contribution in [0.25, 0.3) is 0 Å². The fourth-order valence-corrected chi connectivity index (χ4v) is 1.75. The zero-order valence-electron chi connectivity index (χ0n) is 13.1. The van der Waals surface area contributed by atoms with Crippen LogP contribution in [0.2, 0.25) is 0 Å². The minimum absolute atomic E-state index is 0.105. The maximum atomic E-state index is 12.3. The SMILES string of the molecule is CNCC(=O)N(C)CC(=O)N(C)c1cnccc1C(=O)OC. The van der Waals surface area contributed by atoms with E-state index in [9.17, 15) is 14.4 Å². The largest absolute Gasteiger partial charge is 0.465 e. The highest BCUT2D eigenvalue weighted by molar-refractivity contribution is 6.03. The predicted octanol–water partition coefficient (Wildman–Crippen LogP) is -0.491. The van der Waals surface area contributed by atoms with E-state index in [-0.39, 0.29) is 30.5 Å². The van der Waals surface area contributed by atoms with Crippen LogP contribution in [0.1, 0.15) is 10.4 Å². The number of pyridine rings is 1. The molecule has 0 atom stereocenters. The first-order valence-corrected chi connectivity index (χ1v) is 6.59. The lowest BCUT2D eigenvalue weighted by atomic mass is 10.2. The molecule has 1 aromatic rings. The number of rotatable bonds is 6. The number of methoxy groups -OCH3 is 1. The van der Waals surface area contributed by atoms with Gasteiger partial charge in [0, 0.05) is 20.3 Å². The average Bonchev–Trinajstić information content (AvgIpc) is 2.53. The normalized spacial score (nSPS) is 10.0. The van der Waals surface area contributed by atoms with E-state index in [1.165, 1.54) is 49.5 Å². The van der Waals surface area contributed by atoms with Crippen molar-refractivity contribution < 1.29 is 19.1 Å². The second-order valence-electron chi connectivity index (χ2n) is 4.62. The molecule has 0 aromatic carbocycles. The van der Waals surface area contributed by atoms with E-state index in [4.69, 9.17) is 0 Å². The fraction of sp³-hybridized carbons (Fsp3) is 0.429. The number of carbonyl (C=O) groups excluding carboxylic acids is 3. The van der Waals surface area contributed by atoms with Crippen LogP contribution in [0.4, 0.5) is 5.69 Å². The molecule has 0 bridgehead atoms. The molecule has 0 unspecified atom stereocenters. The molecular formula is C14H20N4O4. The summed E-state index contributed by atoms with van der Waals surface area (Å²) in [4.78, 5) is 42.1. The molecule has 0 saturated carbocycles. The number of likely N-dealkylation sites (N-methyl/N-ethyl adjacent to an activating group) is 3. The summed E-state index contributed by atoms with van der Waals surface area (Å²) in [7, 11) is 5.97. The lowest BCUT2D eigenvalue weighted by Gasteiger charge is -2.23. The molecule has 0 radical (unpaired) electrons. The van der Waals surface area contributed by atoms with Gasteiger partial charge >= 0.3 is 5.97 Å². The zero-order chi connectivity index (χ0) is 16.7. The summed E-state index contributed by atoms with van der Waals surface area (Å²) in [5.74, 6) is -1.11. The molecule has 0 aliphatic carbocycles. The van der Waals surface area contributed by atoms with Crippen LogP contribution >= 0.6 is 0 Å². The summed E-state index contributed by atoms with van der Waals surface area (Å²) in [5.41, 5.74) is 0.561. The first-order chi connectivity index (χ1) is 10.4. The van der Waals surface area contributed by atoms with Crippen LogP contribution in [0, 0.1) is 0 Å². The Labute approximate surface area is 129 Å². The Morgan fingerprint density at radius 3 is 2.55 bits per heavy atom. The number of nitrogens with zero attached hydrogens (tertiary/aromatic N) is 3. The Hall–Kier alpha value is -2.48. The summed E-state index contributed by atoms with van der Waals surface area (Å²) < 4.78 is 4.68. The third-order valence-electron chi connectivity index (χ3n) is 3.07. The second-order valence-corrected chi connectivity index (χ2v) is 4.62. The van der Waals surface area contributed by atoms with E-state index >= 15 is 0 Å². The lowest BCUT2D eigenvalue weighted by Crippen LogP contribution is -2.42. The molecule has 1 rings (SSSR count). The van der Waals surface area contributed by atoms with Gasteiger partial charge in [0.15, 0.2) is 0 Å². The highest BCUT2D eigenvalue weighted by Gasteiger charge is 2.21. The number of aromatic nitrogens is 1. The van der Waals surface area contributed by atoms with Crippen LogP contribution in [-0.4, -0.2) is 69.0 Å². The molecule has 0 spiro atoms. The van der Waals surface area contributed by atoms with E-state index in [0.29, 0.717) is 5.69 Å². The van der Waals surface area contributed by atoms with Crippen molar-refractivity contribution in [1.82, 2.24) is 15.2 Å². The minimum Gasteiger partial charge on any atom is -0.465 e. The van der Waals surface area contributed by atoms with Crippen molar-refractivity contribution in [3.8, 4) is 0 Å². The molecule has 0 aliphatic heterocycles. The Kier molecular flexibility index (Phi) is 6.46. The highest BCUT2D eigenvalue weighted by atomic mass is 16.5. The van der Waals surface area contributed by atoms with Crippen molar-refractivity contribution in [2.24, 2.45) is 0 Å². The van der Waals surface area contributed by atoms with Crippen LogP contribution in [0.15, 0.2) is 18.5 Å². The lowest BCUT2D eigenvalue weighted by molar-refractivity contribution is -0.133. The van der Waals surface area contributed by atoms with Crippen LogP contribution in [-0.2, 0) is 14.3 Å². The quantitative estimate of drug-likeness (QED) is 0.713. The van der Waals surface area contributed by atoms with Crippen molar-refractivity contribution in [3.05, 3.63) is 24.0 Å². The van der Waals surface area contributed by atoms with Crippen molar-refractivity contribution in [3.63, 3.8) is 0 Å². The van der Waals surface area contributed by atoms with Gasteiger partial charge in [0.1, 0.15) is 0 Å². The summed E-state index contributed by atoms with van der Waals surface area (Å²) >= 11 is 0. The molecule has 8 heteroatoms. The number of carbonyl (C=O) groups is 3. The number of anilines is 1. The summed E-state index contributed by atoms with van der Waals surface area (Å²) in [6.45, 7) is 0.0420. The molecule has 2 amide bonds. The van der Waals surface area contributed by atoms with Crippen molar-refractivity contribution in [2.45, 2.75) is 0 Å². The third kappa shape index (κ3) is 4.26. The summed E-state index contributed by atoms with van der Waals surface area (Å²) in [6, 6.07) is 1.47. The molecule has 8 nitrogen and oxygen atoms in total. The van der Waals surface area contributed by atoms with Crippen LogP contribution in [0.5, 0.6) is 0 Å². The van der Waals surface area contributed by atoms with Crippen LogP contribution < -0.4 is 10.2 Å². The summed E-state index contributed by atoms with van der Waals surface area (Å²) in [6.07, 6.45) is 2.84. The van der Waals surface area contributed by atoms with E-state index in [2.05, 4.69) is 15.0 Å². The molecule has 1 heterocycles. The first kappa shape index (κ1) is 17.6. The topological polar surface area (TPSA) is 91.8 Å². The van der Waals surface area contributed by atoms with Gasteiger partial charge in [-0.15, -0.1) is 0 Å². The number of ether oxygens (including phenoxy) is 1. The minimum atomic E-state index is -0.559. The van der Waals surface area contributed by atoms with E-state index < -0.39 is 5.97 Å². The van der Waals surface area contributed by atoms with Gasteiger partial charge in [0.2, 0.25) is 11.8 Å². The van der Waals surface area contributed by atoms with E-state index in [1.807, 2.05) is 0 Å². The number of nitrogens with one attached hydrogen (secondary N) is 1. The van der Waals surface area contributed by atoms with Gasteiger partial charge < -0.3 is 19.9 Å². The highest BCUT2D eigenvalue weighted by Crippen LogP contribution is 2.18. The van der Waals surface area contributed by atoms with Gasteiger partial charge in [-0.05, 0) is 13.1 Å². The van der Waals surface area contributed by atoms with Gasteiger partial charge in [-0.1, -0.05) is 0 Å². The number of esters is 1. The van der Waals surface area contributed by atoms with Crippen molar-refractivity contribution >= 4 is 23.5 Å². The summed E-state index contributed by atoms with van der Waals surface area (Å²) in [5, 5.41) is 2.73. The Morgan fingerprint density at radius 1 is 1.27 bits per heavy atom. The molecule has 0 aliphatic rings. The van der Waals surface area contributed by atoms with Crippen molar-refractivity contribution in [2.75, 3.05) is 46.2 Å². The second kappa shape index (κ2) is 8.08. The molecular weight excluding hydrogens is 288 g/mol. The predicted molar refractivity (Wildman–Crippen MR) is 80.6 cm³/mol. The smallest absolute Gasteiger partial charge is 0.340 e. The van der Waals surface area contributed by atoms with Gasteiger partial charge in [0.05, 0.1) is 37.6 Å². The molecule has 0 fully saturated rings. The Morgan fingerprint density at radius 2 is 1.95 bits per heavy atom. The van der Waals surface area contributed by atoms with Crippen molar-refractivity contribution in [1.29, 1.82) is 0 Å². The fourth-order valence-electron chi connectivity index (χ4n) is 1.75. The Balaban J connectivity index is 2.88. The first-order valence-electron chi connectivity index (χ1n) is 6.59. The van der Waals surface area contributed by atoms with E-state index in [0.717, 1.165) is 0 Å². The molecule has 1 N–H and O–H groups in total. The Bertz CT molecular complexity index is 562. The maximum Gasteiger partial charge on any atom is 0.340 e. The molecule has 1 aromatic heterocycles. The molecule has 120 valence electrons. The average molecular weight is 308 g/mol. The maximum absolute atomic E-state index is 12.3. The zero-order valence-corrected chi connectivity index (χ0v) is 13.1. The molecule has 0 saturated heterocycles. The standard InChI is InChI=1S/C14H20N4O4/c1-15-8-12(19)17(2)9-13(20)18(3)11-7-16-6-5-10(11)14(21)22-4/h5-7,15H,8-9H2,1-4H3. The van der Waals surface area contributed by atoms with Crippen LogP contribution in [0.3, 0.4) is 0 Å². The van der Waals surface area contributed by atoms with E-state index in [1.54, 1.807) is 7.05 Å². The monoisotopic (exact) mass is 308 g/mol. The van der Waals surface area contributed by atoms with Gasteiger partial charge in [-0.2, -0.15) is 0 Å². The number of hydrogen-bond donors (Lipinski definition) is 1.